The van der Waals surface area contributed by atoms with E-state index in [0.29, 0.717) is 21.8 Å². The van der Waals surface area contributed by atoms with Crippen molar-refractivity contribution in [2.75, 3.05) is 0 Å². The van der Waals surface area contributed by atoms with Gasteiger partial charge in [0.05, 0.1) is 6.10 Å². The van der Waals surface area contributed by atoms with E-state index in [1.165, 1.54) is 11.3 Å². The standard InChI is InChI=1S/C20H20Cl3NO4S/c21-15-10-16(25)14(6-4-11-8-17(22)24-18(23)9-11)13(15)3-1-2-12-5-7-19(29-12)28-20(26)27/h4-9,13-16,25H,1-3,10H2,(H,26,27)/b6-4+/t13-,14-,15-,16-/m1/s1. The Balaban J connectivity index is 1.60. The second-order valence-corrected chi connectivity index (χ2v) is 9.41. The highest BCUT2D eigenvalue weighted by Crippen LogP contribution is 2.40. The van der Waals surface area contributed by atoms with E-state index in [1.54, 1.807) is 18.2 Å². The van der Waals surface area contributed by atoms with Crippen LogP contribution in [0.25, 0.3) is 6.08 Å². The number of ether oxygens (including phenoxy) is 1. The Kier molecular flexibility index (Phi) is 7.82. The number of carboxylic acid groups (broad SMARTS) is 1. The predicted octanol–water partition coefficient (Wildman–Crippen LogP) is 6.15. The van der Waals surface area contributed by atoms with Gasteiger partial charge in [-0.25, -0.2) is 9.78 Å². The van der Waals surface area contributed by atoms with Crippen molar-refractivity contribution in [2.24, 2.45) is 11.8 Å². The largest absolute Gasteiger partial charge is 0.512 e. The number of hydrogen-bond acceptors (Lipinski definition) is 5. The molecule has 3 rings (SSSR count). The van der Waals surface area contributed by atoms with E-state index in [9.17, 15) is 9.90 Å². The number of aryl methyl sites for hydroxylation is 1. The number of thiophene rings is 1. The molecule has 2 N–H and O–H groups in total. The fourth-order valence-corrected chi connectivity index (χ4v) is 5.52. The van der Waals surface area contributed by atoms with E-state index in [1.807, 2.05) is 18.2 Å². The number of carbonyl (C=O) groups is 1. The molecule has 0 saturated heterocycles. The highest BCUT2D eigenvalue weighted by Gasteiger charge is 2.39. The Morgan fingerprint density at radius 1 is 1.31 bits per heavy atom. The summed E-state index contributed by atoms with van der Waals surface area (Å²) in [6.45, 7) is 0. The molecule has 0 radical (unpaired) electrons. The quantitative estimate of drug-likeness (QED) is 0.285. The van der Waals surface area contributed by atoms with Gasteiger partial charge in [0.15, 0.2) is 5.06 Å². The smallest absolute Gasteiger partial charge is 0.449 e. The SMILES string of the molecule is O=C(O)Oc1ccc(CCC[C@@H]2[C@@H](/C=C/c3cc(Cl)nc(Cl)c3)[C@H](O)C[C@H]2Cl)s1. The first-order valence-corrected chi connectivity index (χ1v) is 11.2. The normalized spacial score (nSPS) is 24.3. The summed E-state index contributed by atoms with van der Waals surface area (Å²) >= 11 is 19.7. The van der Waals surface area contributed by atoms with Gasteiger partial charge in [0.1, 0.15) is 10.3 Å². The third-order valence-corrected chi connectivity index (χ3v) is 6.86. The Morgan fingerprint density at radius 3 is 2.72 bits per heavy atom. The minimum Gasteiger partial charge on any atom is -0.449 e. The maximum Gasteiger partial charge on any atom is 0.512 e. The fourth-order valence-electron chi connectivity index (χ4n) is 3.68. The van der Waals surface area contributed by atoms with Crippen LogP contribution in [0.3, 0.4) is 0 Å². The van der Waals surface area contributed by atoms with Gasteiger partial charge in [0.25, 0.3) is 0 Å². The molecule has 1 aliphatic carbocycles. The van der Waals surface area contributed by atoms with Crippen LogP contribution in [0.4, 0.5) is 4.79 Å². The van der Waals surface area contributed by atoms with Crippen molar-refractivity contribution in [3.05, 3.63) is 51.1 Å². The van der Waals surface area contributed by atoms with Crippen LogP contribution in [0.5, 0.6) is 5.06 Å². The first-order valence-electron chi connectivity index (χ1n) is 9.14. The van der Waals surface area contributed by atoms with Crippen molar-refractivity contribution in [1.29, 1.82) is 0 Å². The summed E-state index contributed by atoms with van der Waals surface area (Å²) in [5.74, 6) is 0.0860. The van der Waals surface area contributed by atoms with E-state index >= 15 is 0 Å². The van der Waals surface area contributed by atoms with Gasteiger partial charge in [0, 0.05) is 16.2 Å². The topological polar surface area (TPSA) is 79.7 Å². The van der Waals surface area contributed by atoms with Gasteiger partial charge in [-0.15, -0.1) is 22.9 Å². The second-order valence-electron chi connectivity index (χ2n) is 6.95. The zero-order valence-electron chi connectivity index (χ0n) is 15.3. The van der Waals surface area contributed by atoms with Gasteiger partial charge in [-0.2, -0.15) is 0 Å². The lowest BCUT2D eigenvalue weighted by Crippen LogP contribution is -2.18. The van der Waals surface area contributed by atoms with Crippen LogP contribution in [-0.2, 0) is 6.42 Å². The number of rotatable bonds is 7. The molecule has 0 aliphatic heterocycles. The number of aromatic nitrogens is 1. The Bertz CT molecular complexity index is 868. The van der Waals surface area contributed by atoms with E-state index < -0.39 is 12.3 Å². The third kappa shape index (κ3) is 6.33. The summed E-state index contributed by atoms with van der Waals surface area (Å²) in [5.41, 5.74) is 0.823. The first kappa shape index (κ1) is 22.4. The van der Waals surface area contributed by atoms with Crippen molar-refractivity contribution in [2.45, 2.75) is 37.2 Å². The van der Waals surface area contributed by atoms with Crippen LogP contribution in [0.15, 0.2) is 30.3 Å². The molecule has 2 aromatic rings. The molecule has 29 heavy (non-hydrogen) atoms. The molecule has 4 atom stereocenters. The zero-order chi connectivity index (χ0) is 21.0. The molecule has 2 heterocycles. The number of halogens is 3. The van der Waals surface area contributed by atoms with Crippen molar-refractivity contribution in [3.63, 3.8) is 0 Å². The average molecular weight is 477 g/mol. The van der Waals surface area contributed by atoms with Gasteiger partial charge in [0.2, 0.25) is 0 Å². The Labute approximate surface area is 187 Å². The van der Waals surface area contributed by atoms with Gasteiger partial charge in [-0.05, 0) is 61.4 Å². The van der Waals surface area contributed by atoms with Gasteiger partial charge < -0.3 is 14.9 Å². The molecule has 0 aromatic carbocycles. The van der Waals surface area contributed by atoms with Crippen LogP contribution in [-0.4, -0.2) is 32.8 Å². The number of hydrogen-bond donors (Lipinski definition) is 2. The number of pyridine rings is 1. The lowest BCUT2D eigenvalue weighted by atomic mass is 9.89. The molecule has 0 unspecified atom stereocenters. The Morgan fingerprint density at radius 2 is 2.03 bits per heavy atom. The molecule has 0 bridgehead atoms. The molecule has 156 valence electrons. The van der Waals surface area contributed by atoms with E-state index in [4.69, 9.17) is 39.9 Å². The van der Waals surface area contributed by atoms with Crippen molar-refractivity contribution < 1.29 is 19.7 Å². The molecule has 9 heteroatoms. The minimum absolute atomic E-state index is 0.0579. The Hall–Kier alpha value is -1.31. The maximum absolute atomic E-state index is 10.6. The van der Waals surface area contributed by atoms with Crippen molar-refractivity contribution in [3.8, 4) is 5.06 Å². The summed E-state index contributed by atoms with van der Waals surface area (Å²) < 4.78 is 4.66. The van der Waals surface area contributed by atoms with Crippen molar-refractivity contribution in [1.82, 2.24) is 4.98 Å². The van der Waals surface area contributed by atoms with E-state index in [2.05, 4.69) is 9.72 Å². The summed E-state index contributed by atoms with van der Waals surface area (Å²) in [5, 5.41) is 20.0. The number of nitrogens with zero attached hydrogens (tertiary/aromatic N) is 1. The number of aliphatic hydroxyl groups excluding tert-OH is 1. The number of alkyl halides is 1. The molecular formula is C20H20Cl3NO4S. The lowest BCUT2D eigenvalue weighted by molar-refractivity contribution is 0.140. The van der Waals surface area contributed by atoms with Gasteiger partial charge in [-0.3, -0.25) is 0 Å². The molecule has 0 spiro atoms. The van der Waals surface area contributed by atoms with Crippen LogP contribution < -0.4 is 4.74 Å². The lowest BCUT2D eigenvalue weighted by Gasteiger charge is -2.20. The summed E-state index contributed by atoms with van der Waals surface area (Å²) in [4.78, 5) is 15.6. The van der Waals surface area contributed by atoms with Gasteiger partial charge in [-0.1, -0.05) is 35.4 Å². The molecule has 1 aliphatic rings. The fraction of sp³-hybridized carbons (Fsp3) is 0.400. The molecule has 2 aromatic heterocycles. The van der Waals surface area contributed by atoms with Crippen LogP contribution in [0.1, 0.15) is 29.7 Å². The van der Waals surface area contributed by atoms with Crippen LogP contribution >= 0.6 is 46.1 Å². The number of aliphatic hydroxyl groups is 1. The molecule has 5 nitrogen and oxygen atoms in total. The monoisotopic (exact) mass is 475 g/mol. The summed E-state index contributed by atoms with van der Waals surface area (Å²) in [7, 11) is 0. The maximum atomic E-state index is 10.6. The van der Waals surface area contributed by atoms with Gasteiger partial charge >= 0.3 is 6.16 Å². The molecule has 0 amide bonds. The first-order chi connectivity index (χ1) is 13.8. The third-order valence-electron chi connectivity index (χ3n) is 4.95. The summed E-state index contributed by atoms with van der Waals surface area (Å²) in [6.07, 6.45) is 5.15. The van der Waals surface area contributed by atoms with Crippen molar-refractivity contribution >= 4 is 58.4 Å². The van der Waals surface area contributed by atoms with E-state index in [-0.39, 0.29) is 17.2 Å². The molecule has 1 saturated carbocycles. The highest BCUT2D eigenvalue weighted by atomic mass is 35.5. The van der Waals surface area contributed by atoms with E-state index in [0.717, 1.165) is 29.7 Å². The average Bonchev–Trinajstić information content (AvgIpc) is 3.16. The summed E-state index contributed by atoms with van der Waals surface area (Å²) in [6, 6.07) is 6.96. The predicted molar refractivity (Wildman–Crippen MR) is 116 cm³/mol. The second kappa shape index (κ2) is 10.1. The molecule has 1 fully saturated rings. The van der Waals surface area contributed by atoms with Crippen LogP contribution in [0.2, 0.25) is 10.3 Å². The van der Waals surface area contributed by atoms with Crippen LogP contribution in [0, 0.1) is 11.8 Å². The highest BCUT2D eigenvalue weighted by molar-refractivity contribution is 7.13. The molecular weight excluding hydrogens is 457 g/mol. The zero-order valence-corrected chi connectivity index (χ0v) is 18.4. The minimum atomic E-state index is -1.31.